The molecule has 0 N–H and O–H groups in total. The Kier molecular flexibility index (Phi) is 5.99. The van der Waals surface area contributed by atoms with E-state index in [-0.39, 0.29) is 12.4 Å². The number of hydrogen-bond donors (Lipinski definition) is 0. The number of nitrogens with zero attached hydrogens (tertiary/aromatic N) is 5. The fraction of sp³-hybridized carbons (Fsp3) is 0.318. The molecular formula is C22H24FN5OS. The van der Waals surface area contributed by atoms with Gasteiger partial charge in [0.05, 0.1) is 11.4 Å². The average Bonchev–Trinajstić information content (AvgIpc) is 3.03. The van der Waals surface area contributed by atoms with Gasteiger partial charge in [0, 0.05) is 35.4 Å². The predicted molar refractivity (Wildman–Crippen MR) is 117 cm³/mol. The van der Waals surface area contributed by atoms with Crippen molar-refractivity contribution in [1.29, 1.82) is 0 Å². The van der Waals surface area contributed by atoms with Crippen molar-refractivity contribution in [2.24, 2.45) is 4.99 Å². The van der Waals surface area contributed by atoms with Crippen LogP contribution in [0.15, 0.2) is 52.4 Å². The van der Waals surface area contributed by atoms with E-state index >= 15 is 0 Å². The lowest BCUT2D eigenvalue weighted by atomic mass is 10.00. The maximum absolute atomic E-state index is 14.7. The lowest BCUT2D eigenvalue weighted by Gasteiger charge is -2.16. The van der Waals surface area contributed by atoms with Gasteiger partial charge in [0.25, 0.3) is 0 Å². The van der Waals surface area contributed by atoms with Gasteiger partial charge in [-0.3, -0.25) is 14.4 Å². The molecule has 0 saturated heterocycles. The quantitative estimate of drug-likeness (QED) is 0.437. The molecule has 3 aromatic rings. The molecule has 0 saturated carbocycles. The van der Waals surface area contributed by atoms with Crippen LogP contribution in [0.5, 0.6) is 0 Å². The van der Waals surface area contributed by atoms with Crippen LogP contribution in [0.4, 0.5) is 4.39 Å². The number of aliphatic imine (C=N–C) groups is 1. The molecular weight excluding hydrogens is 401 g/mol. The third kappa shape index (κ3) is 4.16. The summed E-state index contributed by atoms with van der Waals surface area (Å²) in [5.41, 5.74) is 2.84. The predicted octanol–water partition coefficient (Wildman–Crippen LogP) is 4.25. The second kappa shape index (κ2) is 8.67. The maximum atomic E-state index is 14.7. The Balaban J connectivity index is 1.88. The minimum Gasteiger partial charge on any atom is -0.291 e. The van der Waals surface area contributed by atoms with E-state index in [2.05, 4.69) is 36.2 Å². The van der Waals surface area contributed by atoms with Gasteiger partial charge >= 0.3 is 0 Å². The summed E-state index contributed by atoms with van der Waals surface area (Å²) in [6.45, 7) is 4.88. The van der Waals surface area contributed by atoms with Gasteiger partial charge in [-0.15, -0.1) is 22.0 Å². The summed E-state index contributed by atoms with van der Waals surface area (Å²) in [5.74, 6) is 1.08. The highest BCUT2D eigenvalue weighted by molar-refractivity contribution is 7.99. The Labute approximate surface area is 179 Å². The Morgan fingerprint density at radius 3 is 2.67 bits per heavy atom. The Hall–Kier alpha value is -2.55. The van der Waals surface area contributed by atoms with Crippen LogP contribution in [0.2, 0.25) is 0 Å². The van der Waals surface area contributed by atoms with Gasteiger partial charge in [0.1, 0.15) is 19.0 Å². The average molecular weight is 426 g/mol. The Morgan fingerprint density at radius 2 is 1.93 bits per heavy atom. The van der Waals surface area contributed by atoms with Gasteiger partial charge in [-0.2, -0.15) is 5.06 Å². The van der Waals surface area contributed by atoms with Crippen molar-refractivity contribution in [3.8, 4) is 5.69 Å². The second-order valence-electron chi connectivity index (χ2n) is 7.44. The number of halogens is 1. The van der Waals surface area contributed by atoms with Crippen molar-refractivity contribution in [2.75, 3.05) is 14.1 Å². The molecule has 0 spiro atoms. The number of thioether (sulfide) groups is 1. The van der Waals surface area contributed by atoms with Crippen molar-refractivity contribution >= 4 is 17.5 Å². The highest BCUT2D eigenvalue weighted by Gasteiger charge is 2.25. The monoisotopic (exact) mass is 425 g/mol. The molecule has 0 bridgehead atoms. The van der Waals surface area contributed by atoms with Crippen molar-refractivity contribution in [2.45, 2.75) is 37.1 Å². The van der Waals surface area contributed by atoms with E-state index in [0.29, 0.717) is 34.7 Å². The molecule has 8 heteroatoms. The molecule has 0 fully saturated rings. The van der Waals surface area contributed by atoms with Crippen LogP contribution in [0.3, 0.4) is 0 Å². The first-order chi connectivity index (χ1) is 14.4. The van der Waals surface area contributed by atoms with E-state index in [1.165, 1.54) is 6.07 Å². The van der Waals surface area contributed by atoms with Crippen LogP contribution in [-0.4, -0.2) is 44.9 Å². The third-order valence-electron chi connectivity index (χ3n) is 4.59. The van der Waals surface area contributed by atoms with E-state index in [1.54, 1.807) is 29.0 Å². The lowest BCUT2D eigenvalue weighted by molar-refractivity contribution is -0.133. The zero-order valence-electron chi connectivity index (χ0n) is 17.5. The molecule has 1 aliphatic heterocycles. The largest absolute Gasteiger partial charge is 0.291 e. The first-order valence-corrected chi connectivity index (χ1v) is 10.7. The van der Waals surface area contributed by atoms with Gasteiger partial charge in [0.2, 0.25) is 0 Å². The smallest absolute Gasteiger partial charge is 0.165 e. The van der Waals surface area contributed by atoms with E-state index in [9.17, 15) is 4.39 Å². The molecule has 1 aromatic heterocycles. The fourth-order valence-corrected chi connectivity index (χ4v) is 4.26. The maximum Gasteiger partial charge on any atom is 0.165 e. The van der Waals surface area contributed by atoms with Crippen LogP contribution >= 0.6 is 11.8 Å². The Bertz CT molecular complexity index is 1090. The molecule has 0 aliphatic carbocycles. The standard InChI is InChI=1S/C22H24FN5OS/c1-14(2)30-15-9-10-19-17(11-15)22(16-7-5-6-8-18(16)23)24-12-20-25-26-21(28(19)20)13-29-27(3)4/h5-11,14H,12-13H2,1-4H3. The number of hydrogen-bond acceptors (Lipinski definition) is 6. The van der Waals surface area contributed by atoms with Gasteiger partial charge in [-0.1, -0.05) is 26.0 Å². The molecule has 0 radical (unpaired) electrons. The highest BCUT2D eigenvalue weighted by atomic mass is 32.2. The number of benzene rings is 2. The van der Waals surface area contributed by atoms with Crippen molar-refractivity contribution in [1.82, 2.24) is 19.8 Å². The summed E-state index contributed by atoms with van der Waals surface area (Å²) in [6, 6.07) is 12.9. The molecule has 6 nitrogen and oxygen atoms in total. The SMILES string of the molecule is CC(C)Sc1ccc2c(c1)C(c1ccccc1F)=NCc1nnc(CON(C)C)n1-2. The van der Waals surface area contributed by atoms with E-state index in [4.69, 9.17) is 9.83 Å². The second-order valence-corrected chi connectivity index (χ2v) is 9.09. The normalized spacial score (nSPS) is 13.2. The first-order valence-electron chi connectivity index (χ1n) is 9.78. The molecule has 156 valence electrons. The van der Waals surface area contributed by atoms with Crippen LogP contribution in [0, 0.1) is 5.82 Å². The summed E-state index contributed by atoms with van der Waals surface area (Å²) >= 11 is 1.76. The van der Waals surface area contributed by atoms with Gasteiger partial charge in [0.15, 0.2) is 11.6 Å². The minimum atomic E-state index is -0.294. The van der Waals surface area contributed by atoms with Crippen LogP contribution < -0.4 is 0 Å². The number of fused-ring (bicyclic) bond motifs is 3. The molecule has 30 heavy (non-hydrogen) atoms. The van der Waals surface area contributed by atoms with E-state index in [0.717, 1.165) is 16.1 Å². The van der Waals surface area contributed by atoms with Crippen molar-refractivity contribution in [3.63, 3.8) is 0 Å². The fourth-order valence-electron chi connectivity index (χ4n) is 3.38. The molecule has 0 atom stereocenters. The van der Waals surface area contributed by atoms with Crippen LogP contribution in [-0.2, 0) is 18.0 Å². The van der Waals surface area contributed by atoms with Gasteiger partial charge in [-0.25, -0.2) is 4.39 Å². The van der Waals surface area contributed by atoms with Gasteiger partial charge in [-0.05, 0) is 30.3 Å². The Morgan fingerprint density at radius 1 is 1.13 bits per heavy atom. The molecule has 0 unspecified atom stereocenters. The number of hydroxylamine groups is 2. The topological polar surface area (TPSA) is 55.5 Å². The molecule has 2 aromatic carbocycles. The van der Waals surface area contributed by atoms with Crippen LogP contribution in [0.1, 0.15) is 36.6 Å². The molecule has 2 heterocycles. The molecule has 0 amide bonds. The van der Waals surface area contributed by atoms with Gasteiger partial charge < -0.3 is 0 Å². The van der Waals surface area contributed by atoms with Crippen molar-refractivity contribution in [3.05, 3.63) is 71.1 Å². The third-order valence-corrected chi connectivity index (χ3v) is 5.59. The highest BCUT2D eigenvalue weighted by Crippen LogP contribution is 2.32. The lowest BCUT2D eigenvalue weighted by Crippen LogP contribution is -2.16. The van der Waals surface area contributed by atoms with E-state index < -0.39 is 0 Å². The number of aromatic nitrogens is 3. The van der Waals surface area contributed by atoms with Crippen molar-refractivity contribution < 1.29 is 9.23 Å². The molecule has 4 rings (SSSR count). The summed E-state index contributed by atoms with van der Waals surface area (Å²) < 4.78 is 16.7. The van der Waals surface area contributed by atoms with E-state index in [1.807, 2.05) is 30.8 Å². The summed E-state index contributed by atoms with van der Waals surface area (Å²) in [6.07, 6.45) is 0. The number of rotatable bonds is 6. The molecule has 1 aliphatic rings. The summed E-state index contributed by atoms with van der Waals surface area (Å²) in [4.78, 5) is 11.5. The summed E-state index contributed by atoms with van der Waals surface area (Å²) in [7, 11) is 3.64. The zero-order chi connectivity index (χ0) is 21.3. The minimum absolute atomic E-state index is 0.275. The van der Waals surface area contributed by atoms with Crippen LogP contribution in [0.25, 0.3) is 5.69 Å². The first kappa shape index (κ1) is 20.7. The zero-order valence-corrected chi connectivity index (χ0v) is 18.3. The summed E-state index contributed by atoms with van der Waals surface area (Å²) in [5, 5.41) is 10.7.